The highest BCUT2D eigenvalue weighted by molar-refractivity contribution is 14.0. The van der Waals surface area contributed by atoms with E-state index in [4.69, 9.17) is 0 Å². The molecule has 0 heterocycles. The van der Waals surface area contributed by atoms with Crippen LogP contribution in [-0.2, 0) is 6.42 Å². The molecule has 5 nitrogen and oxygen atoms in total. The molecule has 0 aliphatic carbocycles. The van der Waals surface area contributed by atoms with Crippen molar-refractivity contribution in [2.24, 2.45) is 4.99 Å². The van der Waals surface area contributed by atoms with Gasteiger partial charge in [-0.2, -0.15) is 0 Å². The molecule has 3 N–H and O–H groups in total. The van der Waals surface area contributed by atoms with E-state index < -0.39 is 0 Å². The van der Waals surface area contributed by atoms with E-state index in [1.54, 1.807) is 12.1 Å². The first-order valence-electron chi connectivity index (χ1n) is 9.61. The lowest BCUT2D eigenvalue weighted by molar-refractivity contribution is 0.0955. The van der Waals surface area contributed by atoms with Crippen molar-refractivity contribution in [1.29, 1.82) is 0 Å². The number of nitrogens with one attached hydrogen (secondary N) is 3. The number of hydrogen-bond donors (Lipinski definition) is 3. The summed E-state index contributed by atoms with van der Waals surface area (Å²) in [5, 5.41) is 9.59. The predicted molar refractivity (Wildman–Crippen MR) is 128 cm³/mol. The summed E-state index contributed by atoms with van der Waals surface area (Å²) in [6, 6.07) is 20.0. The first-order valence-corrected chi connectivity index (χ1v) is 9.61. The fourth-order valence-corrected chi connectivity index (χ4v) is 2.68. The molecule has 0 aromatic heterocycles. The zero-order valence-corrected chi connectivity index (χ0v) is 19.0. The minimum atomic E-state index is -0.0695. The molecular weight excluding hydrogens is 463 g/mol. The van der Waals surface area contributed by atoms with Crippen LogP contribution < -0.4 is 16.0 Å². The van der Waals surface area contributed by atoms with Crippen LogP contribution in [0.4, 0.5) is 0 Å². The number of guanidine groups is 1. The maximum Gasteiger partial charge on any atom is 0.251 e. The van der Waals surface area contributed by atoms with Crippen LogP contribution in [0.1, 0.15) is 36.2 Å². The number of amides is 1. The molecule has 0 aliphatic heterocycles. The van der Waals surface area contributed by atoms with Crippen molar-refractivity contribution in [3.8, 4) is 0 Å². The van der Waals surface area contributed by atoms with Gasteiger partial charge in [0.25, 0.3) is 5.91 Å². The van der Waals surface area contributed by atoms with Gasteiger partial charge >= 0.3 is 0 Å². The van der Waals surface area contributed by atoms with Crippen LogP contribution in [0.25, 0.3) is 0 Å². The molecule has 1 unspecified atom stereocenters. The van der Waals surface area contributed by atoms with Crippen LogP contribution in [0.15, 0.2) is 65.7 Å². The van der Waals surface area contributed by atoms with Crippen LogP contribution >= 0.6 is 24.0 Å². The molecule has 0 saturated carbocycles. The van der Waals surface area contributed by atoms with E-state index in [1.807, 2.05) is 31.2 Å². The fourth-order valence-electron chi connectivity index (χ4n) is 2.68. The highest BCUT2D eigenvalue weighted by Gasteiger charge is 2.06. The Hall–Kier alpha value is -2.09. The average Bonchev–Trinajstić information content (AvgIpc) is 2.71. The van der Waals surface area contributed by atoms with Gasteiger partial charge in [0.05, 0.1) is 6.54 Å². The first-order chi connectivity index (χ1) is 13.2. The second-order valence-electron chi connectivity index (χ2n) is 6.45. The van der Waals surface area contributed by atoms with E-state index in [0.717, 1.165) is 25.3 Å². The van der Waals surface area contributed by atoms with E-state index in [-0.39, 0.29) is 29.9 Å². The molecule has 0 aliphatic rings. The Morgan fingerprint density at radius 3 is 2.29 bits per heavy atom. The monoisotopic (exact) mass is 494 g/mol. The summed E-state index contributed by atoms with van der Waals surface area (Å²) in [5.74, 6) is 0.715. The van der Waals surface area contributed by atoms with E-state index in [1.165, 1.54) is 5.56 Å². The molecule has 0 saturated heterocycles. The highest BCUT2D eigenvalue weighted by atomic mass is 127. The van der Waals surface area contributed by atoms with Crippen LogP contribution in [0, 0.1) is 0 Å². The number of halogens is 1. The molecule has 2 aromatic carbocycles. The number of hydrogen-bond acceptors (Lipinski definition) is 2. The summed E-state index contributed by atoms with van der Waals surface area (Å²) >= 11 is 0. The number of carbonyl (C=O) groups is 1. The zero-order valence-electron chi connectivity index (χ0n) is 16.7. The SMILES string of the molecule is CCNC(=NCCNC(=O)c1ccccc1)NC(C)CCc1ccccc1.I. The van der Waals surface area contributed by atoms with Crippen LogP contribution in [0.3, 0.4) is 0 Å². The van der Waals surface area contributed by atoms with Crippen LogP contribution in [0.2, 0.25) is 0 Å². The lowest BCUT2D eigenvalue weighted by atomic mass is 10.1. The minimum Gasteiger partial charge on any atom is -0.357 e. The van der Waals surface area contributed by atoms with Crippen LogP contribution in [0.5, 0.6) is 0 Å². The number of nitrogens with zero attached hydrogens (tertiary/aromatic N) is 1. The third-order valence-corrected chi connectivity index (χ3v) is 4.14. The van der Waals surface area contributed by atoms with Gasteiger partial charge in [0, 0.05) is 24.7 Å². The normalized spacial score (nSPS) is 11.9. The third kappa shape index (κ3) is 9.21. The summed E-state index contributed by atoms with van der Waals surface area (Å²) < 4.78 is 0. The second-order valence-corrected chi connectivity index (χ2v) is 6.45. The average molecular weight is 494 g/mol. The molecule has 6 heteroatoms. The largest absolute Gasteiger partial charge is 0.357 e. The van der Waals surface area contributed by atoms with Gasteiger partial charge in [0.2, 0.25) is 0 Å². The number of rotatable bonds is 9. The smallest absolute Gasteiger partial charge is 0.251 e. The van der Waals surface area contributed by atoms with Crippen molar-refractivity contribution in [2.45, 2.75) is 32.7 Å². The number of aryl methyl sites for hydroxylation is 1. The Morgan fingerprint density at radius 2 is 1.64 bits per heavy atom. The molecule has 0 radical (unpaired) electrons. The van der Waals surface area contributed by atoms with E-state index in [9.17, 15) is 4.79 Å². The number of benzene rings is 2. The molecule has 0 bridgehead atoms. The molecule has 28 heavy (non-hydrogen) atoms. The number of carbonyl (C=O) groups excluding carboxylic acids is 1. The Kier molecular flexibility index (Phi) is 12.0. The molecule has 0 spiro atoms. The molecule has 0 fully saturated rings. The fraction of sp³-hybridized carbons (Fsp3) is 0.364. The molecule has 2 aromatic rings. The van der Waals surface area contributed by atoms with Gasteiger partial charge in [-0.25, -0.2) is 0 Å². The van der Waals surface area contributed by atoms with Gasteiger partial charge in [0.1, 0.15) is 0 Å². The summed E-state index contributed by atoms with van der Waals surface area (Å²) in [5.41, 5.74) is 2.01. The topological polar surface area (TPSA) is 65.5 Å². The summed E-state index contributed by atoms with van der Waals surface area (Å²) in [6.07, 6.45) is 2.06. The van der Waals surface area contributed by atoms with Crippen molar-refractivity contribution in [3.05, 3.63) is 71.8 Å². The molecule has 152 valence electrons. The van der Waals surface area contributed by atoms with Crippen molar-refractivity contribution in [3.63, 3.8) is 0 Å². The van der Waals surface area contributed by atoms with Crippen LogP contribution in [-0.4, -0.2) is 37.5 Å². The Labute approximate surface area is 185 Å². The van der Waals surface area contributed by atoms with Gasteiger partial charge in [0.15, 0.2) is 5.96 Å². The second kappa shape index (κ2) is 14.0. The van der Waals surface area contributed by atoms with E-state index >= 15 is 0 Å². The lowest BCUT2D eigenvalue weighted by Gasteiger charge is -2.18. The van der Waals surface area contributed by atoms with Gasteiger partial charge < -0.3 is 16.0 Å². The van der Waals surface area contributed by atoms with Crippen molar-refractivity contribution >= 4 is 35.8 Å². The lowest BCUT2D eigenvalue weighted by Crippen LogP contribution is -2.42. The zero-order chi connectivity index (χ0) is 19.3. The molecular formula is C22H31IN4O. The number of aliphatic imine (C=N–C) groups is 1. The molecule has 1 atom stereocenters. The molecule has 1 amide bonds. The van der Waals surface area contributed by atoms with Crippen molar-refractivity contribution in [2.75, 3.05) is 19.6 Å². The standard InChI is InChI=1S/C22H30N4O.HI/c1-3-23-22(26-18(2)14-15-19-10-6-4-7-11-19)25-17-16-24-21(27)20-12-8-5-9-13-20;/h4-13,18H,3,14-17H2,1-2H3,(H,24,27)(H2,23,25,26);1H. The Balaban J connectivity index is 0.00000392. The Morgan fingerprint density at radius 1 is 1.00 bits per heavy atom. The third-order valence-electron chi connectivity index (χ3n) is 4.14. The summed E-state index contributed by atoms with van der Waals surface area (Å²) in [7, 11) is 0. The highest BCUT2D eigenvalue weighted by Crippen LogP contribution is 2.04. The van der Waals surface area contributed by atoms with Crippen molar-refractivity contribution < 1.29 is 4.79 Å². The minimum absolute atomic E-state index is 0. The first kappa shape index (κ1) is 23.9. The molecule has 2 rings (SSSR count). The van der Waals surface area contributed by atoms with E-state index in [0.29, 0.717) is 24.7 Å². The van der Waals surface area contributed by atoms with Gasteiger partial charge in [-0.1, -0.05) is 48.5 Å². The van der Waals surface area contributed by atoms with Crippen molar-refractivity contribution in [1.82, 2.24) is 16.0 Å². The van der Waals surface area contributed by atoms with Gasteiger partial charge in [-0.3, -0.25) is 9.79 Å². The van der Waals surface area contributed by atoms with E-state index in [2.05, 4.69) is 52.1 Å². The predicted octanol–water partition coefficient (Wildman–Crippen LogP) is 3.61. The maximum atomic E-state index is 12.0. The quantitative estimate of drug-likeness (QED) is 0.216. The Bertz CT molecular complexity index is 707. The summed E-state index contributed by atoms with van der Waals surface area (Å²) in [6.45, 7) is 6.03. The van der Waals surface area contributed by atoms with Gasteiger partial charge in [-0.05, 0) is 44.4 Å². The summed E-state index contributed by atoms with van der Waals surface area (Å²) in [4.78, 5) is 16.6. The maximum absolute atomic E-state index is 12.0. The van der Waals surface area contributed by atoms with Gasteiger partial charge in [-0.15, -0.1) is 24.0 Å².